The molecule has 0 spiro atoms. The van der Waals surface area contributed by atoms with Crippen molar-refractivity contribution < 1.29 is 19.4 Å². The summed E-state index contributed by atoms with van der Waals surface area (Å²) in [4.78, 5) is 24.5. The standard InChI is InChI=1S/C14H25NO4/c1-14(2,3)19-13(18)15(10-6-9-12(16)17)11-7-4-5-8-11/h11H,4-10H2,1-3H3,(H,16,17). The van der Waals surface area contributed by atoms with Gasteiger partial charge in [0, 0.05) is 19.0 Å². The number of aliphatic carboxylic acids is 1. The fraction of sp³-hybridized carbons (Fsp3) is 0.857. The van der Waals surface area contributed by atoms with Crippen molar-refractivity contribution in [1.29, 1.82) is 0 Å². The van der Waals surface area contributed by atoms with E-state index in [4.69, 9.17) is 9.84 Å². The molecule has 5 heteroatoms. The average molecular weight is 271 g/mol. The van der Waals surface area contributed by atoms with Crippen LogP contribution in [0.2, 0.25) is 0 Å². The second kappa shape index (κ2) is 6.78. The fourth-order valence-electron chi connectivity index (χ4n) is 2.36. The predicted molar refractivity (Wildman–Crippen MR) is 72.1 cm³/mol. The summed E-state index contributed by atoms with van der Waals surface area (Å²) in [5, 5.41) is 8.68. The molecule has 1 N–H and O–H groups in total. The summed E-state index contributed by atoms with van der Waals surface area (Å²) in [5.41, 5.74) is -0.513. The smallest absolute Gasteiger partial charge is 0.410 e. The Morgan fingerprint density at radius 3 is 2.32 bits per heavy atom. The van der Waals surface area contributed by atoms with Crippen molar-refractivity contribution in [3.63, 3.8) is 0 Å². The zero-order chi connectivity index (χ0) is 14.5. The molecule has 0 aliphatic heterocycles. The highest BCUT2D eigenvalue weighted by Gasteiger charge is 2.29. The monoisotopic (exact) mass is 271 g/mol. The van der Waals surface area contributed by atoms with Gasteiger partial charge in [0.2, 0.25) is 0 Å². The van der Waals surface area contributed by atoms with E-state index in [2.05, 4.69) is 0 Å². The van der Waals surface area contributed by atoms with Crippen LogP contribution in [0, 0.1) is 0 Å². The molecule has 1 aliphatic rings. The Kier molecular flexibility index (Phi) is 5.63. The first kappa shape index (κ1) is 15.8. The van der Waals surface area contributed by atoms with Gasteiger partial charge in [-0.15, -0.1) is 0 Å². The van der Waals surface area contributed by atoms with Gasteiger partial charge in [-0.1, -0.05) is 12.8 Å². The van der Waals surface area contributed by atoms with Crippen molar-refractivity contribution in [3.8, 4) is 0 Å². The first-order valence-electron chi connectivity index (χ1n) is 7.01. The van der Waals surface area contributed by atoms with Crippen LogP contribution in [0.3, 0.4) is 0 Å². The highest BCUT2D eigenvalue weighted by atomic mass is 16.6. The van der Waals surface area contributed by atoms with E-state index in [0.717, 1.165) is 25.7 Å². The van der Waals surface area contributed by atoms with Gasteiger partial charge in [0.1, 0.15) is 5.60 Å². The van der Waals surface area contributed by atoms with Crippen LogP contribution < -0.4 is 0 Å². The first-order valence-corrected chi connectivity index (χ1v) is 7.01. The second-order valence-corrected chi connectivity index (χ2v) is 6.11. The summed E-state index contributed by atoms with van der Waals surface area (Å²) in [6.07, 6.45) is 4.49. The van der Waals surface area contributed by atoms with Crippen LogP contribution in [-0.4, -0.2) is 40.3 Å². The number of carboxylic acid groups (broad SMARTS) is 1. The number of amides is 1. The van der Waals surface area contributed by atoms with E-state index in [9.17, 15) is 9.59 Å². The van der Waals surface area contributed by atoms with Gasteiger partial charge >= 0.3 is 12.1 Å². The fourth-order valence-corrected chi connectivity index (χ4v) is 2.36. The van der Waals surface area contributed by atoms with Crippen molar-refractivity contribution in [2.75, 3.05) is 6.54 Å². The Morgan fingerprint density at radius 1 is 1.26 bits per heavy atom. The first-order chi connectivity index (χ1) is 8.79. The molecule has 1 saturated carbocycles. The highest BCUT2D eigenvalue weighted by molar-refractivity contribution is 5.69. The maximum Gasteiger partial charge on any atom is 0.410 e. The number of carbonyl (C=O) groups is 2. The normalized spacial score (nSPS) is 16.4. The lowest BCUT2D eigenvalue weighted by Gasteiger charge is -2.31. The van der Waals surface area contributed by atoms with Crippen molar-refractivity contribution >= 4 is 12.1 Å². The van der Waals surface area contributed by atoms with E-state index in [0.29, 0.717) is 13.0 Å². The van der Waals surface area contributed by atoms with E-state index in [1.807, 2.05) is 20.8 Å². The number of rotatable bonds is 5. The molecule has 0 unspecified atom stereocenters. The minimum absolute atomic E-state index is 0.0893. The Bertz CT molecular complexity index is 316. The Morgan fingerprint density at radius 2 is 1.84 bits per heavy atom. The molecule has 19 heavy (non-hydrogen) atoms. The van der Waals surface area contributed by atoms with Gasteiger partial charge in [0.05, 0.1) is 0 Å². The number of hydrogen-bond acceptors (Lipinski definition) is 3. The molecule has 0 radical (unpaired) electrons. The Hall–Kier alpha value is -1.26. The van der Waals surface area contributed by atoms with E-state index in [1.165, 1.54) is 0 Å². The number of ether oxygens (including phenoxy) is 1. The lowest BCUT2D eigenvalue weighted by molar-refractivity contribution is -0.137. The third-order valence-electron chi connectivity index (χ3n) is 3.18. The van der Waals surface area contributed by atoms with Gasteiger partial charge in [-0.25, -0.2) is 4.79 Å². The zero-order valence-electron chi connectivity index (χ0n) is 12.1. The summed E-state index contributed by atoms with van der Waals surface area (Å²) in [6.45, 7) is 5.99. The number of carboxylic acids is 1. The third-order valence-corrected chi connectivity index (χ3v) is 3.18. The molecule has 0 aromatic carbocycles. The lowest BCUT2D eigenvalue weighted by Crippen LogP contribution is -2.43. The number of carbonyl (C=O) groups excluding carboxylic acids is 1. The molecule has 0 heterocycles. The maximum atomic E-state index is 12.2. The Balaban J connectivity index is 2.57. The minimum Gasteiger partial charge on any atom is -0.481 e. The molecule has 1 aliphatic carbocycles. The van der Waals surface area contributed by atoms with E-state index in [-0.39, 0.29) is 18.6 Å². The number of nitrogens with zero attached hydrogens (tertiary/aromatic N) is 1. The van der Waals surface area contributed by atoms with Gasteiger partial charge in [0.25, 0.3) is 0 Å². The van der Waals surface area contributed by atoms with Crippen molar-refractivity contribution in [1.82, 2.24) is 4.90 Å². The van der Waals surface area contributed by atoms with Crippen LogP contribution in [0.1, 0.15) is 59.3 Å². The molecule has 0 bridgehead atoms. The van der Waals surface area contributed by atoms with Crippen LogP contribution in [0.5, 0.6) is 0 Å². The summed E-state index contributed by atoms with van der Waals surface area (Å²) in [7, 11) is 0. The molecule has 0 atom stereocenters. The van der Waals surface area contributed by atoms with Gasteiger partial charge in [-0.3, -0.25) is 4.79 Å². The van der Waals surface area contributed by atoms with Gasteiger partial charge in [-0.05, 0) is 40.0 Å². The largest absolute Gasteiger partial charge is 0.481 e. The maximum absolute atomic E-state index is 12.2. The molecule has 1 amide bonds. The van der Waals surface area contributed by atoms with E-state index >= 15 is 0 Å². The molecular formula is C14H25NO4. The summed E-state index contributed by atoms with van der Waals surface area (Å²) >= 11 is 0. The van der Waals surface area contributed by atoms with Crippen LogP contribution in [0.25, 0.3) is 0 Å². The molecule has 1 fully saturated rings. The molecule has 5 nitrogen and oxygen atoms in total. The van der Waals surface area contributed by atoms with Crippen LogP contribution in [0.15, 0.2) is 0 Å². The summed E-state index contributed by atoms with van der Waals surface area (Å²) in [6, 6.07) is 0.212. The molecule has 1 rings (SSSR count). The average Bonchev–Trinajstić information content (AvgIpc) is 2.74. The molecule has 110 valence electrons. The van der Waals surface area contributed by atoms with Crippen LogP contribution >= 0.6 is 0 Å². The SMILES string of the molecule is CC(C)(C)OC(=O)N(CCCC(=O)O)C1CCCC1. The lowest BCUT2D eigenvalue weighted by atomic mass is 10.2. The quantitative estimate of drug-likeness (QED) is 0.834. The summed E-state index contributed by atoms with van der Waals surface area (Å²) < 4.78 is 5.41. The predicted octanol–water partition coefficient (Wildman–Crippen LogP) is 3.03. The Labute approximate surface area is 114 Å². The highest BCUT2D eigenvalue weighted by Crippen LogP contribution is 2.25. The molecule has 0 saturated heterocycles. The van der Waals surface area contributed by atoms with Gasteiger partial charge < -0.3 is 14.7 Å². The molecule has 0 aromatic heterocycles. The molecular weight excluding hydrogens is 246 g/mol. The number of hydrogen-bond donors (Lipinski definition) is 1. The van der Waals surface area contributed by atoms with Crippen LogP contribution in [-0.2, 0) is 9.53 Å². The third kappa shape index (κ3) is 5.94. The van der Waals surface area contributed by atoms with E-state index in [1.54, 1.807) is 4.90 Å². The minimum atomic E-state index is -0.824. The van der Waals surface area contributed by atoms with Crippen LogP contribution in [0.4, 0.5) is 4.79 Å². The van der Waals surface area contributed by atoms with Gasteiger partial charge in [-0.2, -0.15) is 0 Å². The van der Waals surface area contributed by atoms with Crippen molar-refractivity contribution in [2.24, 2.45) is 0 Å². The van der Waals surface area contributed by atoms with E-state index < -0.39 is 11.6 Å². The van der Waals surface area contributed by atoms with Crippen molar-refractivity contribution in [2.45, 2.75) is 70.9 Å². The molecule has 0 aromatic rings. The topological polar surface area (TPSA) is 66.8 Å². The second-order valence-electron chi connectivity index (χ2n) is 6.11. The van der Waals surface area contributed by atoms with Crippen molar-refractivity contribution in [3.05, 3.63) is 0 Å². The van der Waals surface area contributed by atoms with Gasteiger partial charge in [0.15, 0.2) is 0 Å². The zero-order valence-corrected chi connectivity index (χ0v) is 12.1. The summed E-state index contributed by atoms with van der Waals surface area (Å²) in [5.74, 6) is -0.824.